The fraction of sp³-hybridized carbons (Fsp3) is 0.459. The van der Waals surface area contributed by atoms with E-state index in [1.807, 2.05) is 41.5 Å². The Balaban J connectivity index is 0.00000108. The lowest BCUT2D eigenvalue weighted by atomic mass is 10.1. The lowest BCUT2D eigenvalue weighted by molar-refractivity contribution is 0.0770. The van der Waals surface area contributed by atoms with Crippen LogP contribution in [0.3, 0.4) is 0 Å². The summed E-state index contributed by atoms with van der Waals surface area (Å²) < 4.78 is 23.1. The first-order chi connectivity index (χ1) is 22.9. The zero-order chi connectivity index (χ0) is 34.7. The smallest absolute Gasteiger partial charge is 0.257 e. The first kappa shape index (κ1) is 36.9. The number of carbonyl (C=O) groups excluding carboxylic acids is 2. The molecule has 2 aromatic rings. The Labute approximate surface area is 281 Å². The molecule has 10 nitrogen and oxygen atoms in total. The van der Waals surface area contributed by atoms with Crippen LogP contribution in [0.4, 0.5) is 11.4 Å². The topological polar surface area (TPSA) is 102 Å². The minimum absolute atomic E-state index is 0. The molecule has 2 aromatic carbocycles. The van der Waals surface area contributed by atoms with Gasteiger partial charge in [0.1, 0.15) is 0 Å². The average molecular weight is 649 g/mol. The van der Waals surface area contributed by atoms with Crippen molar-refractivity contribution in [3.63, 3.8) is 0 Å². The summed E-state index contributed by atoms with van der Waals surface area (Å²) in [6.45, 7) is 21.8. The molecule has 0 aromatic heterocycles. The Morgan fingerprint density at radius 1 is 0.681 bits per heavy atom. The molecule has 2 amide bonds. The molecule has 1 unspecified atom stereocenters. The maximum atomic E-state index is 13.2. The number of carbonyl (C=O) groups is 2. The van der Waals surface area contributed by atoms with E-state index in [-0.39, 0.29) is 25.3 Å². The normalized spacial score (nSPS) is 18.5. The molecule has 0 saturated carbocycles. The highest BCUT2D eigenvalue weighted by Crippen LogP contribution is 2.40. The number of methoxy groups -OCH3 is 2. The highest BCUT2D eigenvalue weighted by atomic mass is 16.5. The summed E-state index contributed by atoms with van der Waals surface area (Å²) in [5, 5.41) is 0. The molecular formula is C37H52N4O6. The van der Waals surface area contributed by atoms with Crippen molar-refractivity contribution in [3.05, 3.63) is 59.7 Å². The number of hydrogen-bond donors (Lipinski definition) is 0. The van der Waals surface area contributed by atoms with Gasteiger partial charge < -0.3 is 28.7 Å². The second-order valence-corrected chi connectivity index (χ2v) is 10.6. The van der Waals surface area contributed by atoms with Crippen molar-refractivity contribution in [2.24, 2.45) is 9.98 Å². The second-order valence-electron chi connectivity index (χ2n) is 10.6. The van der Waals surface area contributed by atoms with Crippen LogP contribution in [0.15, 0.2) is 58.6 Å². The molecule has 0 N–H and O–H groups in total. The summed E-state index contributed by atoms with van der Waals surface area (Å²) in [5.41, 5.74) is 4.10. The van der Waals surface area contributed by atoms with Crippen molar-refractivity contribution in [2.45, 2.75) is 72.9 Å². The monoisotopic (exact) mass is 648 g/mol. The minimum Gasteiger partial charge on any atom is -0.493 e. The van der Waals surface area contributed by atoms with Gasteiger partial charge in [-0.3, -0.25) is 19.6 Å². The van der Waals surface area contributed by atoms with Crippen LogP contribution in [0, 0.1) is 0 Å². The molecule has 6 rings (SSSR count). The second kappa shape index (κ2) is 17.4. The van der Waals surface area contributed by atoms with E-state index in [2.05, 4.69) is 23.1 Å². The van der Waals surface area contributed by atoms with E-state index in [0.717, 1.165) is 24.0 Å². The summed E-state index contributed by atoms with van der Waals surface area (Å²) in [7, 11) is 3.09. The Bertz CT molecular complexity index is 1410. The van der Waals surface area contributed by atoms with Crippen LogP contribution in [-0.2, 0) is 0 Å². The molecule has 4 aliphatic heterocycles. The zero-order valence-corrected chi connectivity index (χ0v) is 29.2. The van der Waals surface area contributed by atoms with Crippen LogP contribution in [0.25, 0.3) is 0 Å². The number of aliphatic imine (C=N–C) groups is 2. The van der Waals surface area contributed by atoms with Gasteiger partial charge in [0.2, 0.25) is 0 Å². The molecule has 2 fully saturated rings. The van der Waals surface area contributed by atoms with Gasteiger partial charge in [-0.15, -0.1) is 0 Å². The van der Waals surface area contributed by atoms with Crippen LogP contribution in [0.1, 0.15) is 82.9 Å². The molecule has 2 saturated heterocycles. The zero-order valence-electron chi connectivity index (χ0n) is 29.2. The predicted octanol–water partition coefficient (Wildman–Crippen LogP) is 7.85. The molecule has 0 bridgehead atoms. The quantitative estimate of drug-likeness (QED) is 0.213. The number of nitrogens with zero attached hydrogens (tertiary/aromatic N) is 4. The molecule has 256 valence electrons. The summed E-state index contributed by atoms with van der Waals surface area (Å²) in [6.07, 6.45) is 5.60. The van der Waals surface area contributed by atoms with E-state index in [0.29, 0.717) is 78.2 Å². The van der Waals surface area contributed by atoms with Crippen LogP contribution in [-0.4, -0.2) is 86.6 Å². The number of amides is 2. The van der Waals surface area contributed by atoms with Crippen molar-refractivity contribution < 1.29 is 30.0 Å². The van der Waals surface area contributed by atoms with E-state index in [4.69, 9.17) is 18.9 Å². The van der Waals surface area contributed by atoms with Gasteiger partial charge in [0, 0.05) is 45.5 Å². The van der Waals surface area contributed by atoms with Crippen molar-refractivity contribution in [1.82, 2.24) is 9.80 Å². The Morgan fingerprint density at radius 3 is 1.43 bits per heavy atom. The Hall–Kier alpha value is -4.60. The number of rotatable bonds is 8. The SMILES string of the molecule is C=C1CC2C=Nc3cc(OCCCOc4cc5c(cc4OC)C(=O)N4CC(=C)C[C@H]4C=N5)c(OC)cc3C(=O)N2C1.CC.CC.CC.[HH]. The van der Waals surface area contributed by atoms with Gasteiger partial charge in [-0.2, -0.15) is 0 Å². The van der Waals surface area contributed by atoms with E-state index in [1.165, 1.54) is 0 Å². The first-order valence-electron chi connectivity index (χ1n) is 16.6. The Morgan fingerprint density at radius 2 is 1.06 bits per heavy atom. The molecular weight excluding hydrogens is 596 g/mol. The third-order valence-electron chi connectivity index (χ3n) is 7.71. The molecule has 10 heteroatoms. The third-order valence-corrected chi connectivity index (χ3v) is 7.71. The average Bonchev–Trinajstić information content (AvgIpc) is 3.62. The molecule has 0 spiro atoms. The fourth-order valence-electron chi connectivity index (χ4n) is 5.63. The summed E-state index contributed by atoms with van der Waals surface area (Å²) in [6, 6.07) is 6.69. The lowest BCUT2D eigenvalue weighted by Gasteiger charge is -2.20. The van der Waals surface area contributed by atoms with Gasteiger partial charge in [0.15, 0.2) is 23.0 Å². The van der Waals surface area contributed by atoms with Gasteiger partial charge in [0.05, 0.1) is 62.0 Å². The standard InChI is InChI=1S/C31H32N4O6.3C2H6.H2/c1-18-8-20-14-32-24-12-28(26(38-3)10-22(24)30(36)34(20)16-18)40-6-5-7-41-29-13-25-23(11-27(29)39-4)31(37)35-17-19(2)9-21(35)15-33-25;3*1-2;/h10-15,20-21H,1-2,5-9,16-17H2,3-4H3;3*1-2H3;1H/t20-,21?;;;;/m0..../s1. The number of ether oxygens (including phenoxy) is 4. The number of benzene rings is 2. The maximum Gasteiger partial charge on any atom is 0.257 e. The van der Waals surface area contributed by atoms with Crippen molar-refractivity contribution in [2.75, 3.05) is 40.5 Å². The molecule has 4 heterocycles. The van der Waals surface area contributed by atoms with E-state index >= 15 is 0 Å². The van der Waals surface area contributed by atoms with Gasteiger partial charge in [0.25, 0.3) is 11.8 Å². The first-order valence-corrected chi connectivity index (χ1v) is 16.6. The Kier molecular flexibility index (Phi) is 13.6. The van der Waals surface area contributed by atoms with Crippen molar-refractivity contribution in [3.8, 4) is 23.0 Å². The predicted molar refractivity (Wildman–Crippen MR) is 191 cm³/mol. The van der Waals surface area contributed by atoms with E-state index in [1.54, 1.807) is 60.7 Å². The van der Waals surface area contributed by atoms with Crippen molar-refractivity contribution in [1.29, 1.82) is 0 Å². The van der Waals surface area contributed by atoms with Crippen molar-refractivity contribution >= 4 is 35.6 Å². The number of hydrogen-bond acceptors (Lipinski definition) is 8. The van der Waals surface area contributed by atoms with E-state index in [9.17, 15) is 9.59 Å². The van der Waals surface area contributed by atoms with Crippen LogP contribution in [0.5, 0.6) is 23.0 Å². The summed E-state index contributed by atoms with van der Waals surface area (Å²) in [4.78, 5) is 39.1. The largest absolute Gasteiger partial charge is 0.493 e. The number of fused-ring (bicyclic) bond motifs is 4. The fourth-order valence-corrected chi connectivity index (χ4v) is 5.63. The molecule has 2 atom stereocenters. The maximum absolute atomic E-state index is 13.2. The van der Waals surface area contributed by atoms with E-state index < -0.39 is 0 Å². The van der Waals surface area contributed by atoms with Crippen LogP contribution >= 0.6 is 0 Å². The summed E-state index contributed by atoms with van der Waals surface area (Å²) in [5.74, 6) is 1.74. The molecule has 0 aliphatic carbocycles. The summed E-state index contributed by atoms with van der Waals surface area (Å²) >= 11 is 0. The lowest BCUT2D eigenvalue weighted by Crippen LogP contribution is -2.35. The van der Waals surface area contributed by atoms with Gasteiger partial charge in [-0.05, 0) is 25.0 Å². The molecule has 47 heavy (non-hydrogen) atoms. The minimum atomic E-state index is -0.0917. The van der Waals surface area contributed by atoms with Gasteiger partial charge in [-0.25, -0.2) is 0 Å². The molecule has 0 radical (unpaired) electrons. The highest BCUT2D eigenvalue weighted by Gasteiger charge is 2.35. The highest BCUT2D eigenvalue weighted by molar-refractivity contribution is 6.04. The van der Waals surface area contributed by atoms with Crippen LogP contribution in [0.2, 0.25) is 0 Å². The van der Waals surface area contributed by atoms with Crippen LogP contribution < -0.4 is 18.9 Å². The van der Waals surface area contributed by atoms with Gasteiger partial charge >= 0.3 is 0 Å². The third kappa shape index (κ3) is 8.04. The van der Waals surface area contributed by atoms with Gasteiger partial charge in [-0.1, -0.05) is 65.8 Å². The molecule has 4 aliphatic rings.